The van der Waals surface area contributed by atoms with Crippen LogP contribution in [0.4, 0.5) is 0 Å². The van der Waals surface area contributed by atoms with Gasteiger partial charge in [-0.1, -0.05) is 32.0 Å². The summed E-state index contributed by atoms with van der Waals surface area (Å²) in [5.41, 5.74) is 1.24. The predicted octanol–water partition coefficient (Wildman–Crippen LogP) is 4.47. The highest BCUT2D eigenvalue weighted by molar-refractivity contribution is 6.15. The summed E-state index contributed by atoms with van der Waals surface area (Å²) < 4.78 is 23.2. The van der Waals surface area contributed by atoms with Crippen LogP contribution in [-0.4, -0.2) is 61.9 Å². The fourth-order valence-corrected chi connectivity index (χ4v) is 4.34. The third-order valence-electron chi connectivity index (χ3n) is 6.16. The molecule has 2 fully saturated rings. The van der Waals surface area contributed by atoms with Crippen LogP contribution in [0.3, 0.4) is 0 Å². The van der Waals surface area contributed by atoms with Crippen molar-refractivity contribution in [2.45, 2.75) is 45.3 Å². The monoisotopic (exact) mass is 467 g/mol. The predicted molar refractivity (Wildman–Crippen MR) is 128 cm³/mol. The number of amides is 1. The second-order valence-corrected chi connectivity index (χ2v) is 8.63. The Balaban J connectivity index is 1.55. The summed E-state index contributed by atoms with van der Waals surface area (Å²) >= 11 is 0. The van der Waals surface area contributed by atoms with E-state index in [9.17, 15) is 9.59 Å². The van der Waals surface area contributed by atoms with E-state index in [1.165, 1.54) is 0 Å². The second kappa shape index (κ2) is 11.0. The first-order valence-electron chi connectivity index (χ1n) is 12.2. The Labute approximate surface area is 200 Å². The molecular weight excluding hydrogens is 434 g/mol. The van der Waals surface area contributed by atoms with E-state index in [1.54, 1.807) is 47.4 Å². The van der Waals surface area contributed by atoms with E-state index >= 15 is 0 Å². The molecule has 0 aromatic heterocycles. The molecule has 0 saturated carbocycles. The minimum absolute atomic E-state index is 0.151. The molecular formula is C27H33NO6. The summed E-state index contributed by atoms with van der Waals surface area (Å²) in [6.07, 6.45) is 2.98. The first kappa shape index (κ1) is 24.2. The maximum absolute atomic E-state index is 13.5. The normalized spacial score (nSPS) is 17.1. The van der Waals surface area contributed by atoms with Crippen molar-refractivity contribution in [1.29, 1.82) is 0 Å². The highest BCUT2D eigenvalue weighted by Gasteiger charge is 2.41. The quantitative estimate of drug-likeness (QED) is 0.507. The molecule has 0 aliphatic carbocycles. The van der Waals surface area contributed by atoms with Crippen LogP contribution >= 0.6 is 0 Å². The molecule has 0 unspecified atom stereocenters. The van der Waals surface area contributed by atoms with Crippen molar-refractivity contribution in [1.82, 2.24) is 4.90 Å². The lowest BCUT2D eigenvalue weighted by Gasteiger charge is -2.37. The number of ether oxygens (including phenoxy) is 4. The fraction of sp³-hybridized carbons (Fsp3) is 0.481. The van der Waals surface area contributed by atoms with Gasteiger partial charge >= 0.3 is 0 Å². The molecule has 7 nitrogen and oxygen atoms in total. The average molecular weight is 468 g/mol. The van der Waals surface area contributed by atoms with E-state index in [4.69, 9.17) is 18.9 Å². The van der Waals surface area contributed by atoms with Crippen LogP contribution in [0.5, 0.6) is 11.5 Å². The summed E-state index contributed by atoms with van der Waals surface area (Å²) in [5.74, 6) is 0.242. The van der Waals surface area contributed by atoms with Gasteiger partial charge in [-0.15, -0.1) is 0 Å². The molecule has 182 valence electrons. The van der Waals surface area contributed by atoms with Crippen molar-refractivity contribution < 1.29 is 28.5 Å². The number of likely N-dealkylation sites (tertiary alicyclic amines) is 1. The molecule has 2 aliphatic heterocycles. The topological polar surface area (TPSA) is 74.3 Å². The summed E-state index contributed by atoms with van der Waals surface area (Å²) in [6, 6.07) is 12.2. The number of carbonyl (C=O) groups excluding carboxylic acids is 2. The van der Waals surface area contributed by atoms with Crippen molar-refractivity contribution in [2.24, 2.45) is 0 Å². The Hall–Kier alpha value is -2.90. The Kier molecular flexibility index (Phi) is 7.85. The minimum Gasteiger partial charge on any atom is -0.490 e. The van der Waals surface area contributed by atoms with Crippen LogP contribution in [0.2, 0.25) is 0 Å². The zero-order valence-electron chi connectivity index (χ0n) is 20.0. The SMILES string of the molecule is CCCOc1ccc(C(=O)c2ccccc2C(=O)N2CCC3(CC2)OCCO3)cc1OCCC. The van der Waals surface area contributed by atoms with Gasteiger partial charge in [0.1, 0.15) is 0 Å². The van der Waals surface area contributed by atoms with Crippen molar-refractivity contribution >= 4 is 11.7 Å². The van der Waals surface area contributed by atoms with E-state index < -0.39 is 5.79 Å². The smallest absolute Gasteiger partial charge is 0.254 e. The number of hydrogen-bond donors (Lipinski definition) is 0. The molecule has 2 saturated heterocycles. The zero-order chi connectivity index (χ0) is 24.0. The summed E-state index contributed by atoms with van der Waals surface area (Å²) in [5, 5.41) is 0. The first-order chi connectivity index (χ1) is 16.6. The Bertz CT molecular complexity index is 1000. The van der Waals surface area contributed by atoms with Crippen LogP contribution in [-0.2, 0) is 9.47 Å². The van der Waals surface area contributed by atoms with Crippen LogP contribution in [0.25, 0.3) is 0 Å². The van der Waals surface area contributed by atoms with Gasteiger partial charge < -0.3 is 23.8 Å². The lowest BCUT2D eigenvalue weighted by molar-refractivity contribution is -0.181. The molecule has 1 spiro atoms. The molecule has 1 amide bonds. The first-order valence-corrected chi connectivity index (χ1v) is 12.2. The molecule has 0 radical (unpaired) electrons. The number of ketones is 1. The van der Waals surface area contributed by atoms with E-state index in [2.05, 4.69) is 0 Å². The van der Waals surface area contributed by atoms with Crippen LogP contribution in [0.1, 0.15) is 65.8 Å². The van der Waals surface area contributed by atoms with Crippen LogP contribution < -0.4 is 9.47 Å². The third-order valence-corrected chi connectivity index (χ3v) is 6.16. The second-order valence-electron chi connectivity index (χ2n) is 8.63. The fourth-order valence-electron chi connectivity index (χ4n) is 4.34. The van der Waals surface area contributed by atoms with Gasteiger partial charge in [0.05, 0.1) is 32.0 Å². The van der Waals surface area contributed by atoms with E-state index in [-0.39, 0.29) is 11.7 Å². The van der Waals surface area contributed by atoms with E-state index in [0.29, 0.717) is 80.5 Å². The molecule has 2 heterocycles. The summed E-state index contributed by atoms with van der Waals surface area (Å²) in [7, 11) is 0. The Morgan fingerprint density at radius 3 is 2.15 bits per heavy atom. The number of rotatable bonds is 9. The maximum atomic E-state index is 13.5. The van der Waals surface area contributed by atoms with Crippen LogP contribution in [0.15, 0.2) is 42.5 Å². The molecule has 7 heteroatoms. The average Bonchev–Trinajstić information content (AvgIpc) is 3.33. The van der Waals surface area contributed by atoms with Gasteiger partial charge in [-0.05, 0) is 37.1 Å². The molecule has 0 bridgehead atoms. The molecule has 2 aromatic carbocycles. The number of carbonyl (C=O) groups is 2. The summed E-state index contributed by atoms with van der Waals surface area (Å²) in [4.78, 5) is 28.7. The molecule has 0 N–H and O–H groups in total. The minimum atomic E-state index is -0.553. The largest absolute Gasteiger partial charge is 0.490 e. The van der Waals surface area contributed by atoms with Gasteiger partial charge in [0.15, 0.2) is 23.1 Å². The van der Waals surface area contributed by atoms with Gasteiger partial charge in [0.25, 0.3) is 5.91 Å². The van der Waals surface area contributed by atoms with Gasteiger partial charge in [-0.25, -0.2) is 0 Å². The lowest BCUT2D eigenvalue weighted by atomic mass is 9.96. The van der Waals surface area contributed by atoms with Crippen molar-refractivity contribution in [3.63, 3.8) is 0 Å². The standard InChI is InChI=1S/C27H33NO6/c1-3-15-31-23-10-9-20(19-24(23)32-16-4-2)25(29)21-7-5-6-8-22(21)26(30)28-13-11-27(12-14-28)33-17-18-34-27/h5-10,19H,3-4,11-18H2,1-2H3. The van der Waals surface area contributed by atoms with Gasteiger partial charge in [-0.2, -0.15) is 0 Å². The van der Waals surface area contributed by atoms with Gasteiger partial charge in [0.2, 0.25) is 0 Å². The molecule has 0 atom stereocenters. The van der Waals surface area contributed by atoms with Gasteiger partial charge in [-0.3, -0.25) is 9.59 Å². The number of benzene rings is 2. The number of nitrogens with zero attached hydrogens (tertiary/aromatic N) is 1. The molecule has 2 aromatic rings. The van der Waals surface area contributed by atoms with Crippen molar-refractivity contribution in [3.05, 3.63) is 59.2 Å². The molecule has 4 rings (SSSR count). The zero-order valence-corrected chi connectivity index (χ0v) is 20.0. The highest BCUT2D eigenvalue weighted by Crippen LogP contribution is 2.33. The van der Waals surface area contributed by atoms with E-state index in [0.717, 1.165) is 12.8 Å². The van der Waals surface area contributed by atoms with Gasteiger partial charge in [0, 0.05) is 37.1 Å². The van der Waals surface area contributed by atoms with Crippen molar-refractivity contribution in [3.8, 4) is 11.5 Å². The number of piperidine rings is 1. The van der Waals surface area contributed by atoms with Crippen molar-refractivity contribution in [2.75, 3.05) is 39.5 Å². The summed E-state index contributed by atoms with van der Waals surface area (Å²) in [6.45, 7) is 7.40. The van der Waals surface area contributed by atoms with Crippen LogP contribution in [0, 0.1) is 0 Å². The third kappa shape index (κ3) is 5.26. The lowest BCUT2D eigenvalue weighted by Crippen LogP contribution is -2.47. The Morgan fingerprint density at radius 1 is 0.882 bits per heavy atom. The highest BCUT2D eigenvalue weighted by atomic mass is 16.7. The Morgan fingerprint density at radius 2 is 1.50 bits per heavy atom. The van der Waals surface area contributed by atoms with E-state index in [1.807, 2.05) is 13.8 Å². The molecule has 34 heavy (non-hydrogen) atoms. The maximum Gasteiger partial charge on any atom is 0.254 e. The molecule has 2 aliphatic rings. The number of hydrogen-bond acceptors (Lipinski definition) is 6.